The zero-order valence-corrected chi connectivity index (χ0v) is 33.0. The minimum absolute atomic E-state index is 0.606. The van der Waals surface area contributed by atoms with Gasteiger partial charge in [-0.25, -0.2) is 29.9 Å². The van der Waals surface area contributed by atoms with Gasteiger partial charge in [-0.15, -0.1) is 0 Å². The molecule has 1 aliphatic rings. The van der Waals surface area contributed by atoms with Crippen LogP contribution in [0.2, 0.25) is 0 Å². The van der Waals surface area contributed by atoms with Crippen molar-refractivity contribution in [2.24, 2.45) is 0 Å². The van der Waals surface area contributed by atoms with E-state index in [2.05, 4.69) is 97.1 Å². The first kappa shape index (κ1) is 35.9. The molecule has 0 fully saturated rings. The number of fused-ring (bicyclic) bond motifs is 3. The minimum Gasteiger partial charge on any atom is -0.208 e. The summed E-state index contributed by atoms with van der Waals surface area (Å²) in [7, 11) is 0. The van der Waals surface area contributed by atoms with E-state index in [1.54, 1.807) is 0 Å². The van der Waals surface area contributed by atoms with Crippen molar-refractivity contribution in [3.8, 4) is 79.5 Å². The lowest BCUT2D eigenvalue weighted by molar-refractivity contribution is 0.768. The average Bonchev–Trinajstić information content (AvgIpc) is 3.65. The van der Waals surface area contributed by atoms with E-state index >= 15 is 0 Å². The van der Waals surface area contributed by atoms with Gasteiger partial charge in [0.2, 0.25) is 0 Å². The van der Waals surface area contributed by atoms with Crippen molar-refractivity contribution in [1.29, 1.82) is 0 Å². The molecule has 1 aliphatic carbocycles. The van der Waals surface area contributed by atoms with Crippen LogP contribution in [0.25, 0.3) is 79.5 Å². The van der Waals surface area contributed by atoms with Gasteiger partial charge in [0.05, 0.1) is 5.41 Å². The first-order valence-corrected chi connectivity index (χ1v) is 20.4. The molecule has 0 aliphatic heterocycles. The normalized spacial score (nSPS) is 12.4. The average molecular weight is 781 g/mol. The summed E-state index contributed by atoms with van der Waals surface area (Å²) in [6.45, 7) is 0. The molecule has 0 N–H and O–H groups in total. The summed E-state index contributed by atoms with van der Waals surface area (Å²) in [5.41, 5.74) is 11.7. The SMILES string of the molecule is c1ccc(-c2nc(-c3ccccc3)nc(-c3ccc4c(c3)C(c3ccccc3)(c3ccccc3)c3cc(-c5nc(-c6ccccc6)nc(-c6ccccc6)n5)ccc3-4)n2)cc1. The molecule has 61 heavy (non-hydrogen) atoms. The van der Waals surface area contributed by atoms with Crippen LogP contribution in [0.5, 0.6) is 0 Å². The Balaban J connectivity index is 1.15. The molecule has 6 nitrogen and oxygen atoms in total. The van der Waals surface area contributed by atoms with Crippen molar-refractivity contribution in [2.45, 2.75) is 5.41 Å². The summed E-state index contributed by atoms with van der Waals surface area (Å²) in [5, 5.41) is 0. The Bertz CT molecular complexity index is 2830. The monoisotopic (exact) mass is 780 g/mol. The predicted octanol–water partition coefficient (Wildman–Crippen LogP) is 12.4. The van der Waals surface area contributed by atoms with Crippen molar-refractivity contribution >= 4 is 0 Å². The molecule has 2 aromatic heterocycles. The van der Waals surface area contributed by atoms with Crippen molar-refractivity contribution in [2.75, 3.05) is 0 Å². The van der Waals surface area contributed by atoms with Crippen molar-refractivity contribution in [1.82, 2.24) is 29.9 Å². The van der Waals surface area contributed by atoms with Gasteiger partial charge in [-0.3, -0.25) is 0 Å². The third-order valence-electron chi connectivity index (χ3n) is 11.5. The maximum Gasteiger partial charge on any atom is 0.164 e. The number of rotatable bonds is 8. The van der Waals surface area contributed by atoms with Gasteiger partial charge in [-0.05, 0) is 45.5 Å². The second kappa shape index (κ2) is 15.2. The zero-order chi connectivity index (χ0) is 40.6. The second-order valence-corrected chi connectivity index (χ2v) is 15.1. The molecule has 8 aromatic carbocycles. The van der Waals surface area contributed by atoms with Gasteiger partial charge < -0.3 is 0 Å². The molecule has 0 saturated carbocycles. The van der Waals surface area contributed by atoms with Crippen LogP contribution < -0.4 is 0 Å². The number of nitrogens with zero attached hydrogens (tertiary/aromatic N) is 6. The van der Waals surface area contributed by atoms with Crippen LogP contribution in [-0.2, 0) is 5.41 Å². The lowest BCUT2D eigenvalue weighted by Crippen LogP contribution is -2.28. The molecule has 286 valence electrons. The van der Waals surface area contributed by atoms with Crippen molar-refractivity contribution in [3.05, 3.63) is 241 Å². The molecule has 0 radical (unpaired) electrons. The lowest BCUT2D eigenvalue weighted by Gasteiger charge is -2.34. The molecular weight excluding hydrogens is 745 g/mol. The van der Waals surface area contributed by atoms with Gasteiger partial charge in [0.25, 0.3) is 0 Å². The summed E-state index contributed by atoms with van der Waals surface area (Å²) in [6, 6.07) is 75.4. The summed E-state index contributed by atoms with van der Waals surface area (Å²) in [4.78, 5) is 30.5. The summed E-state index contributed by atoms with van der Waals surface area (Å²) < 4.78 is 0. The minimum atomic E-state index is -0.714. The zero-order valence-electron chi connectivity index (χ0n) is 33.0. The smallest absolute Gasteiger partial charge is 0.164 e. The van der Waals surface area contributed by atoms with E-state index in [0.29, 0.717) is 34.9 Å². The number of hydrogen-bond donors (Lipinski definition) is 0. The van der Waals surface area contributed by atoms with Crippen LogP contribution in [0.15, 0.2) is 218 Å². The van der Waals surface area contributed by atoms with E-state index in [-0.39, 0.29) is 0 Å². The topological polar surface area (TPSA) is 77.3 Å². The van der Waals surface area contributed by atoms with Crippen LogP contribution in [0, 0.1) is 0 Å². The largest absolute Gasteiger partial charge is 0.208 e. The standard InChI is InChI=1S/C55H36N6/c1-7-19-37(20-8-1)49-56-50(38-21-9-2-10-22-38)59-53(58-49)41-31-33-45-46-34-32-42(54-60-51(39-23-11-3-12-24-39)57-52(61-54)40-25-13-4-14-26-40)36-48(46)55(47(45)35-41,43-27-15-5-16-28-43)44-29-17-6-18-30-44/h1-36H. The van der Waals surface area contributed by atoms with Crippen LogP contribution in [0.3, 0.4) is 0 Å². The van der Waals surface area contributed by atoms with Crippen LogP contribution >= 0.6 is 0 Å². The maximum absolute atomic E-state index is 5.14. The van der Waals surface area contributed by atoms with E-state index in [1.165, 1.54) is 0 Å². The first-order valence-electron chi connectivity index (χ1n) is 20.4. The summed E-state index contributed by atoms with van der Waals surface area (Å²) in [5.74, 6) is 3.70. The fourth-order valence-corrected chi connectivity index (χ4v) is 8.64. The molecule has 0 spiro atoms. The highest BCUT2D eigenvalue weighted by molar-refractivity contribution is 5.89. The molecule has 6 heteroatoms. The molecular formula is C55H36N6. The highest BCUT2D eigenvalue weighted by Crippen LogP contribution is 2.57. The number of hydrogen-bond acceptors (Lipinski definition) is 6. The van der Waals surface area contributed by atoms with E-state index in [9.17, 15) is 0 Å². The van der Waals surface area contributed by atoms with Gasteiger partial charge in [0.15, 0.2) is 34.9 Å². The Kier molecular flexibility index (Phi) is 8.94. The Labute approximate surface area is 354 Å². The fraction of sp³-hybridized carbons (Fsp3) is 0.0182. The van der Waals surface area contributed by atoms with Crippen LogP contribution in [0.1, 0.15) is 22.3 Å². The van der Waals surface area contributed by atoms with Crippen LogP contribution in [0.4, 0.5) is 0 Å². The number of benzene rings is 8. The van der Waals surface area contributed by atoms with Crippen molar-refractivity contribution in [3.63, 3.8) is 0 Å². The molecule has 0 atom stereocenters. The van der Waals surface area contributed by atoms with Gasteiger partial charge in [0.1, 0.15) is 0 Å². The van der Waals surface area contributed by atoms with Gasteiger partial charge in [-0.2, -0.15) is 0 Å². The van der Waals surface area contributed by atoms with E-state index in [0.717, 1.165) is 66.8 Å². The fourth-order valence-electron chi connectivity index (χ4n) is 8.64. The number of aromatic nitrogens is 6. The summed E-state index contributed by atoms with van der Waals surface area (Å²) in [6.07, 6.45) is 0. The Morgan fingerprint density at radius 1 is 0.230 bits per heavy atom. The highest BCUT2D eigenvalue weighted by atomic mass is 15.0. The molecule has 0 bridgehead atoms. The van der Waals surface area contributed by atoms with Gasteiger partial charge in [0, 0.05) is 33.4 Å². The van der Waals surface area contributed by atoms with E-state index in [4.69, 9.17) is 29.9 Å². The Hall–Kier alpha value is -8.22. The molecule has 10 aromatic rings. The molecule has 2 heterocycles. The molecule has 0 unspecified atom stereocenters. The third-order valence-corrected chi connectivity index (χ3v) is 11.5. The quantitative estimate of drug-likeness (QED) is 0.153. The lowest BCUT2D eigenvalue weighted by atomic mass is 9.67. The predicted molar refractivity (Wildman–Crippen MR) is 243 cm³/mol. The van der Waals surface area contributed by atoms with Gasteiger partial charge >= 0.3 is 0 Å². The van der Waals surface area contributed by atoms with Crippen LogP contribution in [-0.4, -0.2) is 29.9 Å². The maximum atomic E-state index is 5.14. The van der Waals surface area contributed by atoms with E-state index < -0.39 is 5.41 Å². The Morgan fingerprint density at radius 2 is 0.475 bits per heavy atom. The second-order valence-electron chi connectivity index (χ2n) is 15.1. The molecule has 11 rings (SSSR count). The Morgan fingerprint density at radius 3 is 0.754 bits per heavy atom. The molecule has 0 saturated heterocycles. The highest BCUT2D eigenvalue weighted by Gasteiger charge is 2.46. The van der Waals surface area contributed by atoms with Crippen molar-refractivity contribution < 1.29 is 0 Å². The van der Waals surface area contributed by atoms with E-state index in [1.807, 2.05) is 121 Å². The van der Waals surface area contributed by atoms with Gasteiger partial charge in [-0.1, -0.05) is 206 Å². The molecule has 0 amide bonds. The summed E-state index contributed by atoms with van der Waals surface area (Å²) >= 11 is 0. The third kappa shape index (κ3) is 6.38. The first-order chi connectivity index (χ1) is 30.2.